The first kappa shape index (κ1) is 20.2. The van der Waals surface area contributed by atoms with Crippen LogP contribution < -0.4 is 10.2 Å². The molecule has 6 heteroatoms. The summed E-state index contributed by atoms with van der Waals surface area (Å²) in [5.41, 5.74) is 7.03. The predicted octanol–water partition coefficient (Wildman–Crippen LogP) is 5.78. The number of nitrogens with zero attached hydrogens (tertiary/aromatic N) is 5. The average molecular weight is 439 g/mol. The van der Waals surface area contributed by atoms with Crippen LogP contribution in [0.25, 0.3) is 22.6 Å². The fourth-order valence-electron chi connectivity index (χ4n) is 5.35. The Bertz CT molecular complexity index is 1360. The van der Waals surface area contributed by atoms with Gasteiger partial charge in [0.15, 0.2) is 5.65 Å². The number of anilines is 2. The van der Waals surface area contributed by atoms with Gasteiger partial charge in [-0.3, -0.25) is 4.40 Å². The zero-order valence-corrected chi connectivity index (χ0v) is 19.4. The topological polar surface area (TPSA) is 58.4 Å². The van der Waals surface area contributed by atoms with E-state index in [1.165, 1.54) is 36.8 Å². The van der Waals surface area contributed by atoms with Crippen LogP contribution in [0.4, 0.5) is 11.6 Å². The van der Waals surface area contributed by atoms with Crippen molar-refractivity contribution < 1.29 is 0 Å². The summed E-state index contributed by atoms with van der Waals surface area (Å²) >= 11 is 0. The second kappa shape index (κ2) is 7.58. The Hall–Kier alpha value is -3.41. The van der Waals surface area contributed by atoms with E-state index in [-0.39, 0.29) is 6.04 Å². The predicted molar refractivity (Wildman–Crippen MR) is 135 cm³/mol. The molecule has 3 heterocycles. The SMILES string of the molecule is C=Cc1ccccc1NC(C)c1cc(C)cc2c1nc(N1CCC3(CC1)CC3)n1cnnc21. The van der Waals surface area contributed by atoms with Gasteiger partial charge >= 0.3 is 0 Å². The maximum Gasteiger partial charge on any atom is 0.213 e. The van der Waals surface area contributed by atoms with Gasteiger partial charge in [-0.1, -0.05) is 36.9 Å². The molecule has 33 heavy (non-hydrogen) atoms. The van der Waals surface area contributed by atoms with Gasteiger partial charge in [-0.05, 0) is 68.2 Å². The van der Waals surface area contributed by atoms with Gasteiger partial charge in [0.2, 0.25) is 5.95 Å². The van der Waals surface area contributed by atoms with Gasteiger partial charge in [-0.15, -0.1) is 10.2 Å². The molecule has 0 amide bonds. The van der Waals surface area contributed by atoms with E-state index < -0.39 is 0 Å². The number of piperidine rings is 1. The highest BCUT2D eigenvalue weighted by molar-refractivity contribution is 5.95. The molecule has 1 spiro atoms. The van der Waals surface area contributed by atoms with Crippen molar-refractivity contribution in [2.45, 2.75) is 45.6 Å². The average Bonchev–Trinajstić information content (AvgIpc) is 3.39. The Labute approximate surface area is 194 Å². The third-order valence-corrected chi connectivity index (χ3v) is 7.58. The fraction of sp³-hybridized carbons (Fsp3) is 0.370. The molecule has 2 fully saturated rings. The summed E-state index contributed by atoms with van der Waals surface area (Å²) in [7, 11) is 0. The molecule has 2 aromatic carbocycles. The summed E-state index contributed by atoms with van der Waals surface area (Å²) in [5, 5.41) is 13.5. The van der Waals surface area contributed by atoms with E-state index in [0.29, 0.717) is 5.41 Å². The van der Waals surface area contributed by atoms with Gasteiger partial charge in [0, 0.05) is 29.7 Å². The first-order valence-corrected chi connectivity index (χ1v) is 11.9. The fourth-order valence-corrected chi connectivity index (χ4v) is 5.35. The molecule has 0 radical (unpaired) electrons. The minimum Gasteiger partial charge on any atom is -0.378 e. The number of aryl methyl sites for hydroxylation is 1. The smallest absolute Gasteiger partial charge is 0.213 e. The molecule has 2 aromatic heterocycles. The van der Waals surface area contributed by atoms with Crippen LogP contribution in [-0.4, -0.2) is 32.7 Å². The molecule has 1 saturated carbocycles. The number of nitrogens with one attached hydrogen (secondary N) is 1. The third-order valence-electron chi connectivity index (χ3n) is 7.58. The lowest BCUT2D eigenvalue weighted by molar-refractivity contribution is 0.381. The van der Waals surface area contributed by atoms with Gasteiger partial charge in [-0.2, -0.15) is 0 Å². The Morgan fingerprint density at radius 3 is 2.67 bits per heavy atom. The number of benzene rings is 2. The number of para-hydroxylation sites is 1. The lowest BCUT2D eigenvalue weighted by Crippen LogP contribution is -2.36. The lowest BCUT2D eigenvalue weighted by atomic mass is 9.94. The van der Waals surface area contributed by atoms with Crippen molar-refractivity contribution in [2.75, 3.05) is 23.3 Å². The molecule has 0 bridgehead atoms. The Morgan fingerprint density at radius 1 is 1.12 bits per heavy atom. The van der Waals surface area contributed by atoms with E-state index in [1.54, 1.807) is 0 Å². The van der Waals surface area contributed by atoms with Gasteiger partial charge in [-0.25, -0.2) is 4.98 Å². The number of aromatic nitrogens is 4. The standard InChI is InChI=1S/C27H30N6/c1-4-20-7-5-6-8-23(20)29-19(3)21-15-18(2)16-22-24(21)30-26(33-17-28-31-25(22)33)32-13-11-27(9-10-27)12-14-32/h4-8,15-17,19,29H,1,9-14H2,2-3H3. The first-order valence-electron chi connectivity index (χ1n) is 11.9. The van der Waals surface area contributed by atoms with Crippen molar-refractivity contribution >= 4 is 34.3 Å². The van der Waals surface area contributed by atoms with Crippen LogP contribution in [-0.2, 0) is 0 Å². The van der Waals surface area contributed by atoms with E-state index in [1.807, 2.05) is 18.5 Å². The maximum atomic E-state index is 5.26. The van der Waals surface area contributed by atoms with Crippen molar-refractivity contribution in [3.63, 3.8) is 0 Å². The van der Waals surface area contributed by atoms with Crippen molar-refractivity contribution in [3.8, 4) is 0 Å². The molecule has 168 valence electrons. The molecular weight excluding hydrogens is 408 g/mol. The van der Waals surface area contributed by atoms with Crippen molar-refractivity contribution in [1.29, 1.82) is 0 Å². The number of rotatable bonds is 5. The Morgan fingerprint density at radius 2 is 1.91 bits per heavy atom. The summed E-state index contributed by atoms with van der Waals surface area (Å²) in [6.45, 7) is 10.4. The number of fused-ring (bicyclic) bond motifs is 3. The highest BCUT2D eigenvalue weighted by Gasteiger charge is 2.44. The van der Waals surface area contributed by atoms with E-state index in [4.69, 9.17) is 4.98 Å². The van der Waals surface area contributed by atoms with Gasteiger partial charge in [0.1, 0.15) is 6.33 Å². The van der Waals surface area contributed by atoms with E-state index in [9.17, 15) is 0 Å². The highest BCUT2D eigenvalue weighted by Crippen LogP contribution is 2.53. The molecule has 1 unspecified atom stereocenters. The maximum absolute atomic E-state index is 5.26. The molecule has 1 aliphatic heterocycles. The van der Waals surface area contributed by atoms with Gasteiger partial charge in [0.25, 0.3) is 0 Å². The number of hydrogen-bond donors (Lipinski definition) is 1. The molecule has 4 aromatic rings. The van der Waals surface area contributed by atoms with Crippen LogP contribution in [0.5, 0.6) is 0 Å². The first-order chi connectivity index (χ1) is 16.1. The summed E-state index contributed by atoms with van der Waals surface area (Å²) in [6, 6.07) is 12.8. The van der Waals surface area contributed by atoms with Crippen LogP contribution in [0.2, 0.25) is 0 Å². The molecule has 6 nitrogen and oxygen atoms in total. The van der Waals surface area contributed by atoms with E-state index in [2.05, 4.69) is 75.6 Å². The molecule has 2 aliphatic rings. The quantitative estimate of drug-likeness (QED) is 0.428. The molecule has 1 atom stereocenters. The summed E-state index contributed by atoms with van der Waals surface area (Å²) < 4.78 is 2.07. The highest BCUT2D eigenvalue weighted by atomic mass is 15.3. The zero-order valence-electron chi connectivity index (χ0n) is 19.4. The Balaban J connectivity index is 1.46. The molecule has 6 rings (SSSR count). The molecule has 1 N–H and O–H groups in total. The van der Waals surface area contributed by atoms with E-state index in [0.717, 1.165) is 46.8 Å². The minimum atomic E-state index is 0.0651. The molecule has 1 saturated heterocycles. The van der Waals surface area contributed by atoms with Gasteiger partial charge < -0.3 is 10.2 Å². The summed E-state index contributed by atoms with van der Waals surface area (Å²) in [4.78, 5) is 7.69. The molecule has 1 aliphatic carbocycles. The van der Waals surface area contributed by atoms with Crippen molar-refractivity contribution in [2.24, 2.45) is 5.41 Å². The van der Waals surface area contributed by atoms with Crippen LogP contribution in [0.3, 0.4) is 0 Å². The third kappa shape index (κ3) is 3.45. The van der Waals surface area contributed by atoms with Crippen LogP contribution in [0.1, 0.15) is 55.3 Å². The monoisotopic (exact) mass is 438 g/mol. The van der Waals surface area contributed by atoms with Crippen molar-refractivity contribution in [3.05, 3.63) is 66.0 Å². The van der Waals surface area contributed by atoms with Crippen molar-refractivity contribution in [1.82, 2.24) is 19.6 Å². The largest absolute Gasteiger partial charge is 0.378 e. The second-order valence-corrected chi connectivity index (χ2v) is 9.83. The van der Waals surface area contributed by atoms with Crippen LogP contribution in [0, 0.1) is 12.3 Å². The minimum absolute atomic E-state index is 0.0651. The van der Waals surface area contributed by atoms with Gasteiger partial charge in [0.05, 0.1) is 11.6 Å². The second-order valence-electron chi connectivity index (χ2n) is 9.83. The normalized spacial score (nSPS) is 18.1. The number of hydrogen-bond acceptors (Lipinski definition) is 5. The van der Waals surface area contributed by atoms with Crippen LogP contribution in [0.15, 0.2) is 49.3 Å². The van der Waals surface area contributed by atoms with E-state index >= 15 is 0 Å². The zero-order chi connectivity index (χ0) is 22.6. The molecular formula is C27H30N6. The summed E-state index contributed by atoms with van der Waals surface area (Å²) in [6.07, 6.45) is 9.01. The van der Waals surface area contributed by atoms with Crippen LogP contribution >= 0.6 is 0 Å². The lowest BCUT2D eigenvalue weighted by Gasteiger charge is -2.33. The Kier molecular flexibility index (Phi) is 4.64. The summed E-state index contributed by atoms with van der Waals surface area (Å²) in [5.74, 6) is 0.960.